The van der Waals surface area contributed by atoms with Crippen molar-refractivity contribution in [3.63, 3.8) is 0 Å². The lowest BCUT2D eigenvalue weighted by Crippen LogP contribution is -2.39. The van der Waals surface area contributed by atoms with Crippen molar-refractivity contribution in [3.05, 3.63) is 22.8 Å². The third kappa shape index (κ3) is 2.44. The number of nitriles is 1. The molecule has 0 spiro atoms. The van der Waals surface area contributed by atoms with E-state index in [1.807, 2.05) is 7.05 Å². The Balaban J connectivity index is 2.28. The Morgan fingerprint density at radius 2 is 2.17 bits per heavy atom. The number of nitrogens with zero attached hydrogens (tertiary/aromatic N) is 3. The van der Waals surface area contributed by atoms with Crippen LogP contribution in [-0.4, -0.2) is 18.1 Å². The quantitative estimate of drug-likeness (QED) is 0.818. The van der Waals surface area contributed by atoms with Crippen LogP contribution in [0.3, 0.4) is 0 Å². The highest BCUT2D eigenvalue weighted by molar-refractivity contribution is 6.34. The number of anilines is 1. The van der Waals surface area contributed by atoms with Gasteiger partial charge in [-0.15, -0.1) is 0 Å². The Bertz CT molecular complexity index is 467. The molecule has 18 heavy (non-hydrogen) atoms. The number of rotatable bonds is 2. The largest absolute Gasteiger partial charge is 0.355 e. The summed E-state index contributed by atoms with van der Waals surface area (Å²) in [6.07, 6.45) is 6.65. The van der Waals surface area contributed by atoms with E-state index in [-0.39, 0.29) is 0 Å². The average molecular weight is 264 g/mol. The Morgan fingerprint density at radius 1 is 1.44 bits per heavy atom. The van der Waals surface area contributed by atoms with Crippen LogP contribution in [0, 0.1) is 17.2 Å². The van der Waals surface area contributed by atoms with Crippen LogP contribution in [0.2, 0.25) is 5.02 Å². The van der Waals surface area contributed by atoms with E-state index in [9.17, 15) is 0 Å². The van der Waals surface area contributed by atoms with Crippen LogP contribution in [-0.2, 0) is 0 Å². The van der Waals surface area contributed by atoms with Gasteiger partial charge >= 0.3 is 0 Å². The maximum Gasteiger partial charge on any atom is 0.148 e. The molecular formula is C14H18ClN3. The molecule has 0 aliphatic heterocycles. The molecule has 0 aromatic carbocycles. The first-order valence-electron chi connectivity index (χ1n) is 6.42. The van der Waals surface area contributed by atoms with Gasteiger partial charge in [-0.3, -0.25) is 0 Å². The lowest BCUT2D eigenvalue weighted by atomic mass is 9.85. The van der Waals surface area contributed by atoms with Gasteiger partial charge in [-0.25, -0.2) is 4.98 Å². The molecule has 2 atom stereocenters. The second-order valence-corrected chi connectivity index (χ2v) is 5.43. The molecule has 1 aliphatic rings. The second-order valence-electron chi connectivity index (χ2n) is 5.05. The molecule has 96 valence electrons. The Labute approximate surface area is 113 Å². The van der Waals surface area contributed by atoms with E-state index in [4.69, 9.17) is 16.9 Å². The van der Waals surface area contributed by atoms with E-state index in [1.54, 1.807) is 12.3 Å². The summed E-state index contributed by atoms with van der Waals surface area (Å²) in [6.45, 7) is 2.28. The topological polar surface area (TPSA) is 39.9 Å². The average Bonchev–Trinajstić information content (AvgIpc) is 2.39. The molecule has 4 heteroatoms. The molecule has 1 aliphatic carbocycles. The molecule has 1 aromatic rings. The summed E-state index contributed by atoms with van der Waals surface area (Å²) in [5.74, 6) is 1.38. The Kier molecular flexibility index (Phi) is 4.08. The van der Waals surface area contributed by atoms with Crippen LogP contribution in [0.15, 0.2) is 12.3 Å². The summed E-state index contributed by atoms with van der Waals surface area (Å²) in [7, 11) is 2.03. The Morgan fingerprint density at radius 3 is 2.83 bits per heavy atom. The number of pyridine rings is 1. The number of hydrogen-bond donors (Lipinski definition) is 0. The molecule has 1 heterocycles. The molecule has 0 bridgehead atoms. The van der Waals surface area contributed by atoms with Crippen LogP contribution in [0.25, 0.3) is 0 Å². The molecule has 2 unspecified atom stereocenters. The SMILES string of the molecule is CC1CCCCC1N(C)c1nccc(C#N)c1Cl. The van der Waals surface area contributed by atoms with Gasteiger partial charge in [0.05, 0.1) is 5.56 Å². The van der Waals surface area contributed by atoms with Crippen molar-refractivity contribution in [2.75, 3.05) is 11.9 Å². The molecule has 1 fully saturated rings. The maximum absolute atomic E-state index is 9.01. The molecule has 3 nitrogen and oxygen atoms in total. The van der Waals surface area contributed by atoms with Gasteiger partial charge < -0.3 is 4.90 Å². The molecule has 0 radical (unpaired) electrons. The van der Waals surface area contributed by atoms with Crippen molar-refractivity contribution in [1.29, 1.82) is 5.26 Å². The van der Waals surface area contributed by atoms with Gasteiger partial charge in [-0.2, -0.15) is 5.26 Å². The smallest absolute Gasteiger partial charge is 0.148 e. The first-order chi connectivity index (χ1) is 8.65. The minimum absolute atomic E-state index is 0.470. The fourth-order valence-electron chi connectivity index (χ4n) is 2.79. The van der Waals surface area contributed by atoms with Gasteiger partial charge in [0.1, 0.15) is 16.9 Å². The van der Waals surface area contributed by atoms with Crippen LogP contribution in [0.5, 0.6) is 0 Å². The maximum atomic E-state index is 9.01. The summed E-state index contributed by atoms with van der Waals surface area (Å²) in [6, 6.07) is 4.23. The predicted octanol–water partition coefficient (Wildman–Crippen LogP) is 3.62. The van der Waals surface area contributed by atoms with Crippen LogP contribution in [0.4, 0.5) is 5.82 Å². The zero-order valence-corrected chi connectivity index (χ0v) is 11.6. The molecule has 0 amide bonds. The van der Waals surface area contributed by atoms with Gasteiger partial charge in [0.2, 0.25) is 0 Å². The van der Waals surface area contributed by atoms with Crippen LogP contribution < -0.4 is 4.90 Å². The van der Waals surface area contributed by atoms with Crippen LogP contribution in [0.1, 0.15) is 38.2 Å². The fourth-order valence-corrected chi connectivity index (χ4v) is 3.08. The van der Waals surface area contributed by atoms with Crippen molar-refractivity contribution in [2.45, 2.75) is 38.6 Å². The van der Waals surface area contributed by atoms with Gasteiger partial charge in [-0.05, 0) is 24.8 Å². The lowest BCUT2D eigenvalue weighted by Gasteiger charge is -2.37. The van der Waals surface area contributed by atoms with Crippen molar-refractivity contribution in [3.8, 4) is 6.07 Å². The Hall–Kier alpha value is -1.27. The van der Waals surface area contributed by atoms with Crippen molar-refractivity contribution in [1.82, 2.24) is 4.98 Å². The minimum Gasteiger partial charge on any atom is -0.355 e. The molecule has 1 aromatic heterocycles. The first kappa shape index (κ1) is 13.2. The summed E-state index contributed by atoms with van der Waals surface area (Å²) >= 11 is 6.24. The highest BCUT2D eigenvalue weighted by atomic mass is 35.5. The fraction of sp³-hybridized carbons (Fsp3) is 0.571. The van der Waals surface area contributed by atoms with E-state index in [0.717, 1.165) is 5.82 Å². The van der Waals surface area contributed by atoms with Gasteiger partial charge in [0.25, 0.3) is 0 Å². The van der Waals surface area contributed by atoms with Gasteiger partial charge in [0.15, 0.2) is 0 Å². The monoisotopic (exact) mass is 263 g/mol. The van der Waals surface area contributed by atoms with Gasteiger partial charge in [0, 0.05) is 19.3 Å². The zero-order valence-electron chi connectivity index (χ0n) is 10.9. The van der Waals surface area contributed by atoms with E-state index in [0.29, 0.717) is 22.5 Å². The standard InChI is InChI=1S/C14H18ClN3/c1-10-5-3-4-6-12(10)18(2)14-13(15)11(9-16)7-8-17-14/h7-8,10,12H,3-6H2,1-2H3. The summed E-state index contributed by atoms with van der Waals surface area (Å²) in [5, 5.41) is 9.48. The highest BCUT2D eigenvalue weighted by Crippen LogP contribution is 2.33. The first-order valence-corrected chi connectivity index (χ1v) is 6.80. The number of halogens is 1. The lowest BCUT2D eigenvalue weighted by molar-refractivity contribution is 0.320. The van der Waals surface area contributed by atoms with Crippen molar-refractivity contribution in [2.24, 2.45) is 5.92 Å². The van der Waals surface area contributed by atoms with Gasteiger partial charge in [-0.1, -0.05) is 31.4 Å². The van der Waals surface area contributed by atoms with E-state index < -0.39 is 0 Å². The zero-order chi connectivity index (χ0) is 13.1. The number of aromatic nitrogens is 1. The second kappa shape index (κ2) is 5.58. The predicted molar refractivity (Wildman–Crippen MR) is 73.8 cm³/mol. The summed E-state index contributed by atoms with van der Waals surface area (Å²) in [4.78, 5) is 6.49. The molecule has 0 N–H and O–H groups in total. The third-order valence-electron chi connectivity index (χ3n) is 3.89. The number of hydrogen-bond acceptors (Lipinski definition) is 3. The van der Waals surface area contributed by atoms with Crippen molar-refractivity contribution >= 4 is 17.4 Å². The highest BCUT2D eigenvalue weighted by Gasteiger charge is 2.27. The molecule has 2 rings (SSSR count). The third-order valence-corrected chi connectivity index (χ3v) is 4.26. The minimum atomic E-state index is 0.470. The molecule has 1 saturated carbocycles. The molecular weight excluding hydrogens is 246 g/mol. The van der Waals surface area contributed by atoms with E-state index in [2.05, 4.69) is 22.9 Å². The van der Waals surface area contributed by atoms with Crippen molar-refractivity contribution < 1.29 is 0 Å². The van der Waals surface area contributed by atoms with E-state index >= 15 is 0 Å². The molecule has 0 saturated heterocycles. The normalized spacial score (nSPS) is 23.4. The summed E-state index contributed by atoms with van der Waals surface area (Å²) < 4.78 is 0. The van der Waals surface area contributed by atoms with E-state index in [1.165, 1.54) is 25.7 Å². The van der Waals surface area contributed by atoms with Crippen LogP contribution >= 0.6 is 11.6 Å². The summed E-state index contributed by atoms with van der Waals surface area (Å²) in [5.41, 5.74) is 0.497.